The zero-order valence-corrected chi connectivity index (χ0v) is 13.2. The number of hydrogen-bond donors (Lipinski definition) is 2. The Balaban J connectivity index is 1.98. The van der Waals surface area contributed by atoms with E-state index in [0.29, 0.717) is 10.4 Å². The van der Waals surface area contributed by atoms with Crippen molar-refractivity contribution in [3.8, 4) is 0 Å². The molecule has 1 aliphatic rings. The molecule has 1 aromatic heterocycles. The zero-order chi connectivity index (χ0) is 14.9. The van der Waals surface area contributed by atoms with Crippen LogP contribution in [0.4, 0.5) is 5.69 Å². The number of hydrogen-bond acceptors (Lipinski definition) is 3. The smallest absolute Gasteiger partial charge is 0.107 e. The van der Waals surface area contributed by atoms with Gasteiger partial charge >= 0.3 is 0 Å². The van der Waals surface area contributed by atoms with E-state index in [4.69, 9.17) is 18.0 Å². The standard InChI is InChI=1S/C17H21N3S/c1-17(8-4-5-9-17)11-20-15-12-6-2-3-7-14(12)19-10-13(15)16(18)21/h2-3,6-7,10H,4-5,8-9,11H2,1H3,(H2,18,21)(H,19,20). The highest BCUT2D eigenvalue weighted by atomic mass is 32.1. The van der Waals surface area contributed by atoms with Crippen molar-refractivity contribution in [3.63, 3.8) is 0 Å². The molecule has 0 atom stereocenters. The first-order valence-electron chi connectivity index (χ1n) is 7.50. The quantitative estimate of drug-likeness (QED) is 0.842. The number of nitrogens with zero attached hydrogens (tertiary/aromatic N) is 1. The van der Waals surface area contributed by atoms with Crippen LogP contribution in [0.1, 0.15) is 38.2 Å². The van der Waals surface area contributed by atoms with E-state index in [1.807, 2.05) is 18.2 Å². The average Bonchev–Trinajstić information content (AvgIpc) is 2.91. The lowest BCUT2D eigenvalue weighted by atomic mass is 9.88. The van der Waals surface area contributed by atoms with Crippen LogP contribution in [0, 0.1) is 5.41 Å². The maximum atomic E-state index is 5.87. The van der Waals surface area contributed by atoms with Gasteiger partial charge in [-0.2, -0.15) is 0 Å². The summed E-state index contributed by atoms with van der Waals surface area (Å²) in [6.07, 6.45) is 7.01. The van der Waals surface area contributed by atoms with Crippen LogP contribution < -0.4 is 11.1 Å². The van der Waals surface area contributed by atoms with Crippen molar-refractivity contribution in [3.05, 3.63) is 36.0 Å². The normalized spacial score (nSPS) is 17.0. The minimum absolute atomic E-state index is 0.373. The summed E-state index contributed by atoms with van der Waals surface area (Å²) in [5, 5.41) is 4.70. The molecule has 0 amide bonds. The van der Waals surface area contributed by atoms with Gasteiger partial charge < -0.3 is 11.1 Å². The monoisotopic (exact) mass is 299 g/mol. The maximum Gasteiger partial charge on any atom is 0.107 e. The molecule has 0 bridgehead atoms. The summed E-state index contributed by atoms with van der Waals surface area (Å²) >= 11 is 5.19. The van der Waals surface area contributed by atoms with Crippen molar-refractivity contribution in [2.45, 2.75) is 32.6 Å². The van der Waals surface area contributed by atoms with E-state index in [1.54, 1.807) is 6.20 Å². The molecule has 0 spiro atoms. The highest BCUT2D eigenvalue weighted by Gasteiger charge is 2.28. The predicted octanol–water partition coefficient (Wildman–Crippen LogP) is 3.86. The van der Waals surface area contributed by atoms with E-state index < -0.39 is 0 Å². The summed E-state index contributed by atoms with van der Waals surface area (Å²) in [6, 6.07) is 8.11. The zero-order valence-electron chi connectivity index (χ0n) is 12.4. The van der Waals surface area contributed by atoms with Crippen molar-refractivity contribution in [2.24, 2.45) is 11.1 Å². The van der Waals surface area contributed by atoms with Crippen LogP contribution in [0.2, 0.25) is 0 Å². The lowest BCUT2D eigenvalue weighted by Crippen LogP contribution is -2.24. The Bertz CT molecular complexity index is 675. The summed E-state index contributed by atoms with van der Waals surface area (Å²) < 4.78 is 0. The third kappa shape index (κ3) is 2.86. The van der Waals surface area contributed by atoms with Crippen molar-refractivity contribution in [1.82, 2.24) is 4.98 Å². The first kappa shape index (κ1) is 14.3. The summed E-state index contributed by atoms with van der Waals surface area (Å²) in [6.45, 7) is 3.31. The average molecular weight is 299 g/mol. The third-order valence-corrected chi connectivity index (χ3v) is 4.76. The highest BCUT2D eigenvalue weighted by Crippen LogP contribution is 2.38. The molecule has 0 radical (unpaired) electrons. The third-order valence-electron chi connectivity index (χ3n) is 4.54. The topological polar surface area (TPSA) is 50.9 Å². The van der Waals surface area contributed by atoms with Gasteiger partial charge in [0, 0.05) is 18.1 Å². The molecule has 1 saturated carbocycles. The van der Waals surface area contributed by atoms with Crippen LogP contribution in [0.15, 0.2) is 30.5 Å². The predicted molar refractivity (Wildman–Crippen MR) is 92.7 cm³/mol. The molecule has 1 aliphatic carbocycles. The minimum atomic E-state index is 0.373. The Hall–Kier alpha value is -1.68. The molecule has 1 heterocycles. The first-order valence-corrected chi connectivity index (χ1v) is 7.91. The number of fused-ring (bicyclic) bond motifs is 1. The summed E-state index contributed by atoms with van der Waals surface area (Å²) in [5.41, 5.74) is 9.08. The van der Waals surface area contributed by atoms with Gasteiger partial charge in [-0.15, -0.1) is 0 Å². The van der Waals surface area contributed by atoms with Gasteiger partial charge in [0.15, 0.2) is 0 Å². The van der Waals surface area contributed by atoms with Crippen LogP contribution in [0.3, 0.4) is 0 Å². The second kappa shape index (κ2) is 5.60. The number of nitrogens with two attached hydrogens (primary N) is 1. The van der Waals surface area contributed by atoms with E-state index >= 15 is 0 Å². The molecule has 21 heavy (non-hydrogen) atoms. The number of aromatic nitrogens is 1. The van der Waals surface area contributed by atoms with E-state index in [0.717, 1.165) is 28.7 Å². The fraction of sp³-hybridized carbons (Fsp3) is 0.412. The van der Waals surface area contributed by atoms with Gasteiger partial charge in [0.25, 0.3) is 0 Å². The Morgan fingerprint density at radius 1 is 1.33 bits per heavy atom. The number of benzene rings is 1. The molecule has 1 fully saturated rings. The SMILES string of the molecule is CC1(CNc2c(C(N)=S)cnc3ccccc23)CCCC1. The number of nitrogens with one attached hydrogen (secondary N) is 1. The lowest BCUT2D eigenvalue weighted by molar-refractivity contribution is 0.362. The molecular formula is C17H21N3S. The van der Waals surface area contributed by atoms with Gasteiger partial charge in [-0.1, -0.05) is 50.2 Å². The summed E-state index contributed by atoms with van der Waals surface area (Å²) in [4.78, 5) is 4.85. The molecule has 110 valence electrons. The maximum absolute atomic E-state index is 5.87. The van der Waals surface area contributed by atoms with Crippen molar-refractivity contribution in [2.75, 3.05) is 11.9 Å². The molecule has 1 aromatic carbocycles. The Morgan fingerprint density at radius 3 is 2.76 bits per heavy atom. The van der Waals surface area contributed by atoms with Crippen LogP contribution >= 0.6 is 12.2 Å². The van der Waals surface area contributed by atoms with Gasteiger partial charge in [0.05, 0.1) is 16.8 Å². The Labute approximate surface area is 130 Å². The summed E-state index contributed by atoms with van der Waals surface area (Å²) in [7, 11) is 0. The second-order valence-electron chi connectivity index (χ2n) is 6.30. The van der Waals surface area contributed by atoms with Gasteiger partial charge in [-0.25, -0.2) is 0 Å². The van der Waals surface area contributed by atoms with Gasteiger partial charge in [0.2, 0.25) is 0 Å². The molecule has 0 saturated heterocycles. The molecule has 0 aliphatic heterocycles. The van der Waals surface area contributed by atoms with E-state index in [2.05, 4.69) is 23.3 Å². The first-order chi connectivity index (χ1) is 10.1. The molecular weight excluding hydrogens is 278 g/mol. The van der Waals surface area contributed by atoms with E-state index in [-0.39, 0.29) is 0 Å². The van der Waals surface area contributed by atoms with Gasteiger partial charge in [0.1, 0.15) is 4.99 Å². The van der Waals surface area contributed by atoms with Crippen molar-refractivity contribution in [1.29, 1.82) is 0 Å². The molecule has 0 unspecified atom stereocenters. The highest BCUT2D eigenvalue weighted by molar-refractivity contribution is 7.80. The van der Waals surface area contributed by atoms with Crippen LogP contribution in [0.25, 0.3) is 10.9 Å². The molecule has 3 nitrogen and oxygen atoms in total. The Morgan fingerprint density at radius 2 is 2.05 bits per heavy atom. The fourth-order valence-corrected chi connectivity index (χ4v) is 3.38. The number of rotatable bonds is 4. The number of thiocarbonyl (C=S) groups is 1. The number of pyridine rings is 1. The molecule has 4 heteroatoms. The fourth-order valence-electron chi connectivity index (χ4n) is 3.23. The molecule has 3 N–H and O–H groups in total. The Kier molecular flexibility index (Phi) is 3.81. The van der Waals surface area contributed by atoms with E-state index in [1.165, 1.54) is 25.7 Å². The van der Waals surface area contributed by atoms with Gasteiger partial charge in [-0.3, -0.25) is 4.98 Å². The number of para-hydroxylation sites is 1. The van der Waals surface area contributed by atoms with Crippen LogP contribution in [-0.4, -0.2) is 16.5 Å². The summed E-state index contributed by atoms with van der Waals surface area (Å²) in [5.74, 6) is 0. The molecule has 2 aromatic rings. The molecule has 3 rings (SSSR count). The van der Waals surface area contributed by atoms with Crippen LogP contribution in [0.5, 0.6) is 0 Å². The minimum Gasteiger partial charge on any atom is -0.389 e. The van der Waals surface area contributed by atoms with Crippen molar-refractivity contribution >= 4 is 33.8 Å². The lowest BCUT2D eigenvalue weighted by Gasteiger charge is -2.25. The number of anilines is 1. The van der Waals surface area contributed by atoms with Gasteiger partial charge in [-0.05, 0) is 24.3 Å². The second-order valence-corrected chi connectivity index (χ2v) is 6.74. The van der Waals surface area contributed by atoms with Crippen molar-refractivity contribution < 1.29 is 0 Å². The van der Waals surface area contributed by atoms with Crippen LogP contribution in [-0.2, 0) is 0 Å². The van der Waals surface area contributed by atoms with E-state index in [9.17, 15) is 0 Å². The largest absolute Gasteiger partial charge is 0.389 e.